The smallest absolute Gasteiger partial charge is 0.420 e. The second kappa shape index (κ2) is 6.15. The van der Waals surface area contributed by atoms with Gasteiger partial charge in [-0.25, -0.2) is 0 Å². The summed E-state index contributed by atoms with van der Waals surface area (Å²) in [4.78, 5) is 12.1. The molecule has 1 N–H and O–H groups in total. The van der Waals surface area contributed by atoms with Crippen molar-refractivity contribution in [1.29, 1.82) is 0 Å². The van der Waals surface area contributed by atoms with Crippen LogP contribution in [-0.2, 0) is 9.53 Å². The molecule has 124 valence electrons. The second-order valence-corrected chi connectivity index (χ2v) is 6.75. The van der Waals surface area contributed by atoms with E-state index in [2.05, 4.69) is 0 Å². The average Bonchev–Trinajstić information content (AvgIpc) is 2.87. The first-order chi connectivity index (χ1) is 9.43. The third-order valence-corrected chi connectivity index (χ3v) is 4.63. The summed E-state index contributed by atoms with van der Waals surface area (Å²) in [5.74, 6) is -1.13. The summed E-state index contributed by atoms with van der Waals surface area (Å²) < 4.78 is 44.5. The van der Waals surface area contributed by atoms with Gasteiger partial charge in [-0.05, 0) is 46.0 Å². The molecule has 0 saturated heterocycles. The van der Waals surface area contributed by atoms with Crippen LogP contribution in [0.2, 0.25) is 0 Å². The Morgan fingerprint density at radius 1 is 1.24 bits per heavy atom. The van der Waals surface area contributed by atoms with Gasteiger partial charge < -0.3 is 9.84 Å². The maximum Gasteiger partial charge on any atom is 0.420 e. The lowest BCUT2D eigenvalue weighted by molar-refractivity contribution is -0.293. The van der Waals surface area contributed by atoms with Gasteiger partial charge in [0.2, 0.25) is 0 Å². The van der Waals surface area contributed by atoms with Gasteiger partial charge in [-0.2, -0.15) is 13.2 Å². The molecule has 21 heavy (non-hydrogen) atoms. The van der Waals surface area contributed by atoms with Gasteiger partial charge in [0.05, 0.1) is 5.41 Å². The Bertz CT molecular complexity index is 369. The number of alkyl halides is 3. The quantitative estimate of drug-likeness (QED) is 0.785. The van der Waals surface area contributed by atoms with E-state index in [1.807, 2.05) is 0 Å². The van der Waals surface area contributed by atoms with Gasteiger partial charge in [0.15, 0.2) is 5.60 Å². The van der Waals surface area contributed by atoms with Crippen LogP contribution in [0.5, 0.6) is 0 Å². The van der Waals surface area contributed by atoms with Crippen LogP contribution in [0.1, 0.15) is 59.8 Å². The molecule has 0 heterocycles. The Morgan fingerprint density at radius 3 is 2.10 bits per heavy atom. The fourth-order valence-corrected chi connectivity index (χ4v) is 2.51. The third-order valence-electron chi connectivity index (χ3n) is 4.63. The molecule has 1 fully saturated rings. The molecule has 1 saturated carbocycles. The third kappa shape index (κ3) is 3.90. The molecule has 0 spiro atoms. The van der Waals surface area contributed by atoms with Crippen LogP contribution in [0, 0.1) is 11.3 Å². The highest BCUT2D eigenvalue weighted by Crippen LogP contribution is 2.42. The zero-order valence-electron chi connectivity index (χ0n) is 13.1. The first kappa shape index (κ1) is 18.3. The zero-order chi connectivity index (χ0) is 16.5. The van der Waals surface area contributed by atoms with E-state index in [-0.39, 0.29) is 0 Å². The Hall–Kier alpha value is -0.780. The molecular formula is C15H25F3O3. The number of carbonyl (C=O) groups is 1. The molecular weight excluding hydrogens is 285 g/mol. The first-order valence-corrected chi connectivity index (χ1v) is 7.43. The molecule has 1 aliphatic carbocycles. The second-order valence-electron chi connectivity index (χ2n) is 6.75. The molecule has 0 aromatic carbocycles. The molecule has 0 bridgehead atoms. The van der Waals surface area contributed by atoms with E-state index < -0.39 is 35.2 Å². The monoisotopic (exact) mass is 310 g/mol. The first-order valence-electron chi connectivity index (χ1n) is 7.43. The minimum atomic E-state index is -4.84. The van der Waals surface area contributed by atoms with E-state index in [4.69, 9.17) is 4.74 Å². The minimum absolute atomic E-state index is 0.446. The van der Waals surface area contributed by atoms with Crippen molar-refractivity contribution < 1.29 is 27.8 Å². The Balaban J connectivity index is 3.01. The summed E-state index contributed by atoms with van der Waals surface area (Å²) in [6.07, 6.45) is -3.26. The number of aliphatic hydroxyl groups is 1. The SMILES string of the molecule is CCC(C)(C)C(=O)OC(C1CCCC1)C(C)(O)C(F)(F)F. The van der Waals surface area contributed by atoms with Crippen molar-refractivity contribution in [3.63, 3.8) is 0 Å². The number of ether oxygens (including phenoxy) is 1. The van der Waals surface area contributed by atoms with Crippen molar-refractivity contribution in [2.75, 3.05) is 0 Å². The molecule has 1 aliphatic rings. The highest BCUT2D eigenvalue weighted by atomic mass is 19.4. The normalized spacial score (nSPS) is 21.9. The summed E-state index contributed by atoms with van der Waals surface area (Å²) >= 11 is 0. The minimum Gasteiger partial charge on any atom is -0.458 e. The fraction of sp³-hybridized carbons (Fsp3) is 0.933. The van der Waals surface area contributed by atoms with Gasteiger partial charge in [-0.1, -0.05) is 19.8 Å². The van der Waals surface area contributed by atoms with Crippen LogP contribution in [0.15, 0.2) is 0 Å². The van der Waals surface area contributed by atoms with E-state index in [9.17, 15) is 23.1 Å². The summed E-state index contributed by atoms with van der Waals surface area (Å²) in [5.41, 5.74) is -3.89. The van der Waals surface area contributed by atoms with Gasteiger partial charge in [0.25, 0.3) is 0 Å². The van der Waals surface area contributed by atoms with Crippen molar-refractivity contribution in [1.82, 2.24) is 0 Å². The molecule has 3 nitrogen and oxygen atoms in total. The Morgan fingerprint density at radius 2 is 1.71 bits per heavy atom. The lowest BCUT2D eigenvalue weighted by Gasteiger charge is -2.38. The van der Waals surface area contributed by atoms with Crippen LogP contribution >= 0.6 is 0 Å². The predicted octanol–water partition coefficient (Wildman–Crippen LogP) is 3.84. The number of esters is 1. The van der Waals surface area contributed by atoms with Crippen molar-refractivity contribution in [2.45, 2.75) is 77.7 Å². The maximum absolute atomic E-state index is 13.1. The summed E-state index contributed by atoms with van der Waals surface area (Å²) in [6.45, 7) is 5.72. The highest BCUT2D eigenvalue weighted by molar-refractivity contribution is 5.76. The molecule has 6 heteroatoms. The van der Waals surface area contributed by atoms with Crippen LogP contribution in [-0.4, -0.2) is 29.0 Å². The molecule has 2 atom stereocenters. The largest absolute Gasteiger partial charge is 0.458 e. The highest BCUT2D eigenvalue weighted by Gasteiger charge is 2.59. The number of rotatable bonds is 5. The van der Waals surface area contributed by atoms with E-state index in [0.717, 1.165) is 12.8 Å². The summed E-state index contributed by atoms with van der Waals surface area (Å²) in [5, 5.41) is 9.96. The van der Waals surface area contributed by atoms with Crippen molar-refractivity contribution in [3.8, 4) is 0 Å². The van der Waals surface area contributed by atoms with E-state index in [1.165, 1.54) is 0 Å². The number of carbonyl (C=O) groups excluding carboxylic acids is 1. The van der Waals surface area contributed by atoms with Crippen LogP contribution in [0.4, 0.5) is 13.2 Å². The van der Waals surface area contributed by atoms with Gasteiger partial charge in [-0.3, -0.25) is 4.79 Å². The van der Waals surface area contributed by atoms with E-state index in [1.54, 1.807) is 20.8 Å². The number of hydrogen-bond acceptors (Lipinski definition) is 3. The molecule has 0 radical (unpaired) electrons. The van der Waals surface area contributed by atoms with Crippen molar-refractivity contribution in [3.05, 3.63) is 0 Å². The van der Waals surface area contributed by atoms with Gasteiger partial charge in [0.1, 0.15) is 6.10 Å². The predicted molar refractivity (Wildman–Crippen MR) is 72.6 cm³/mol. The Kier molecular flexibility index (Phi) is 5.35. The maximum atomic E-state index is 13.1. The number of halogens is 3. The molecule has 0 amide bonds. The lowest BCUT2D eigenvalue weighted by atomic mass is 9.85. The van der Waals surface area contributed by atoms with Crippen molar-refractivity contribution >= 4 is 5.97 Å². The number of hydrogen-bond donors (Lipinski definition) is 1. The summed E-state index contributed by atoms with van der Waals surface area (Å²) in [7, 11) is 0. The molecule has 1 rings (SSSR count). The summed E-state index contributed by atoms with van der Waals surface area (Å²) in [6, 6.07) is 0. The van der Waals surface area contributed by atoms with E-state index in [0.29, 0.717) is 26.2 Å². The van der Waals surface area contributed by atoms with Gasteiger partial charge >= 0.3 is 12.1 Å². The van der Waals surface area contributed by atoms with Crippen LogP contribution in [0.25, 0.3) is 0 Å². The van der Waals surface area contributed by atoms with E-state index >= 15 is 0 Å². The van der Waals surface area contributed by atoms with Crippen LogP contribution in [0.3, 0.4) is 0 Å². The average molecular weight is 310 g/mol. The van der Waals surface area contributed by atoms with Crippen LogP contribution < -0.4 is 0 Å². The zero-order valence-corrected chi connectivity index (χ0v) is 13.1. The Labute approximate surface area is 123 Å². The molecule has 0 aromatic heterocycles. The topological polar surface area (TPSA) is 46.5 Å². The fourth-order valence-electron chi connectivity index (χ4n) is 2.51. The van der Waals surface area contributed by atoms with Crippen molar-refractivity contribution in [2.24, 2.45) is 11.3 Å². The van der Waals surface area contributed by atoms with Gasteiger partial charge in [0, 0.05) is 0 Å². The molecule has 2 unspecified atom stereocenters. The standard InChI is InChI=1S/C15H25F3O3/c1-5-13(2,3)12(19)21-11(10-8-6-7-9-10)14(4,20)15(16,17)18/h10-11,20H,5-9H2,1-4H3. The lowest BCUT2D eigenvalue weighted by Crippen LogP contribution is -2.57. The van der Waals surface area contributed by atoms with Gasteiger partial charge in [-0.15, -0.1) is 0 Å². The molecule has 0 aliphatic heterocycles. The molecule has 0 aromatic rings.